The van der Waals surface area contributed by atoms with Crippen LogP contribution in [-0.2, 0) is 4.74 Å². The minimum Gasteiger partial charge on any atom is -0.491 e. The third-order valence-electron chi connectivity index (χ3n) is 2.48. The maximum absolute atomic E-state index is 5.61. The number of hydrogen-bond acceptors (Lipinski definition) is 2. The molecule has 2 aromatic rings. The Morgan fingerprint density at radius 2 is 2.07 bits per heavy atom. The van der Waals surface area contributed by atoms with E-state index in [-0.39, 0.29) is 0 Å². The number of rotatable bonds is 4. The molecule has 80 valence electrons. The van der Waals surface area contributed by atoms with Crippen LogP contribution in [0.1, 0.15) is 5.56 Å². The fourth-order valence-corrected chi connectivity index (χ4v) is 1.65. The molecule has 0 fully saturated rings. The van der Waals surface area contributed by atoms with Gasteiger partial charge in [-0.15, -0.1) is 0 Å². The maximum Gasteiger partial charge on any atom is 0.124 e. The van der Waals surface area contributed by atoms with Gasteiger partial charge in [0.15, 0.2) is 0 Å². The minimum absolute atomic E-state index is 0.587. The van der Waals surface area contributed by atoms with Crippen molar-refractivity contribution in [3.05, 3.63) is 30.0 Å². The van der Waals surface area contributed by atoms with Crippen molar-refractivity contribution in [2.45, 2.75) is 6.92 Å². The van der Waals surface area contributed by atoms with Crippen molar-refractivity contribution in [2.75, 3.05) is 20.3 Å². The number of fused-ring (bicyclic) bond motifs is 1. The highest BCUT2D eigenvalue weighted by atomic mass is 16.5. The Balaban J connectivity index is 2.23. The van der Waals surface area contributed by atoms with Crippen LogP contribution in [0.3, 0.4) is 0 Å². The molecule has 0 radical (unpaired) electrons. The van der Waals surface area contributed by atoms with E-state index in [1.54, 1.807) is 7.11 Å². The van der Waals surface area contributed by atoms with Gasteiger partial charge in [-0.3, -0.25) is 0 Å². The van der Waals surface area contributed by atoms with Crippen molar-refractivity contribution in [1.29, 1.82) is 0 Å². The SMILES string of the molecule is COCCOc1ccc2cc[nH]c2c1C. The molecule has 1 aromatic heterocycles. The van der Waals surface area contributed by atoms with Crippen molar-refractivity contribution < 1.29 is 9.47 Å². The molecule has 0 atom stereocenters. The third kappa shape index (κ3) is 1.97. The molecule has 0 amide bonds. The fourth-order valence-electron chi connectivity index (χ4n) is 1.65. The van der Waals surface area contributed by atoms with E-state index >= 15 is 0 Å². The van der Waals surface area contributed by atoms with Crippen LogP contribution in [0.4, 0.5) is 0 Å². The molecule has 0 aliphatic rings. The average Bonchev–Trinajstić information content (AvgIpc) is 2.70. The van der Waals surface area contributed by atoms with Gasteiger partial charge in [0.05, 0.1) is 12.1 Å². The third-order valence-corrected chi connectivity index (χ3v) is 2.48. The van der Waals surface area contributed by atoms with Gasteiger partial charge >= 0.3 is 0 Å². The van der Waals surface area contributed by atoms with Crippen LogP contribution >= 0.6 is 0 Å². The molecule has 0 unspecified atom stereocenters. The molecule has 1 N–H and O–H groups in total. The maximum atomic E-state index is 5.61. The Morgan fingerprint density at radius 1 is 1.20 bits per heavy atom. The lowest BCUT2D eigenvalue weighted by atomic mass is 10.1. The molecular formula is C12H15NO2. The standard InChI is InChI=1S/C12H15NO2/c1-9-11(15-8-7-14-2)4-3-10-5-6-13-12(9)10/h3-6,13H,7-8H2,1-2H3. The van der Waals surface area contributed by atoms with E-state index in [1.807, 2.05) is 12.3 Å². The Kier molecular flexibility index (Phi) is 2.92. The molecule has 1 heterocycles. The van der Waals surface area contributed by atoms with E-state index < -0.39 is 0 Å². The summed E-state index contributed by atoms with van der Waals surface area (Å²) in [5.74, 6) is 0.919. The van der Waals surface area contributed by atoms with Crippen LogP contribution in [0, 0.1) is 6.92 Å². The number of methoxy groups -OCH3 is 1. The van der Waals surface area contributed by atoms with Crippen LogP contribution in [0.15, 0.2) is 24.4 Å². The number of aromatic nitrogens is 1. The lowest BCUT2D eigenvalue weighted by Gasteiger charge is -2.09. The summed E-state index contributed by atoms with van der Waals surface area (Å²) in [6.45, 7) is 3.26. The smallest absolute Gasteiger partial charge is 0.124 e. The summed E-state index contributed by atoms with van der Waals surface area (Å²) in [6.07, 6.45) is 1.94. The Bertz CT molecular complexity index is 448. The second kappa shape index (κ2) is 4.36. The highest BCUT2D eigenvalue weighted by Crippen LogP contribution is 2.25. The second-order valence-corrected chi connectivity index (χ2v) is 3.47. The Labute approximate surface area is 89.0 Å². The van der Waals surface area contributed by atoms with Crippen molar-refractivity contribution in [3.8, 4) is 5.75 Å². The molecule has 3 heteroatoms. The van der Waals surface area contributed by atoms with Crippen molar-refractivity contribution in [3.63, 3.8) is 0 Å². The number of benzene rings is 1. The first-order chi connectivity index (χ1) is 7.33. The van der Waals surface area contributed by atoms with Crippen molar-refractivity contribution in [1.82, 2.24) is 4.98 Å². The number of nitrogens with one attached hydrogen (secondary N) is 1. The predicted octanol–water partition coefficient (Wildman–Crippen LogP) is 2.50. The molecule has 0 spiro atoms. The molecular weight excluding hydrogens is 190 g/mol. The summed E-state index contributed by atoms with van der Waals surface area (Å²) in [7, 11) is 1.67. The highest BCUT2D eigenvalue weighted by Gasteiger charge is 2.04. The minimum atomic E-state index is 0.587. The van der Waals surface area contributed by atoms with E-state index in [4.69, 9.17) is 9.47 Å². The van der Waals surface area contributed by atoms with Gasteiger partial charge in [0.2, 0.25) is 0 Å². The molecule has 0 aliphatic heterocycles. The largest absolute Gasteiger partial charge is 0.491 e. The van der Waals surface area contributed by atoms with E-state index in [2.05, 4.69) is 24.0 Å². The molecule has 0 saturated heterocycles. The van der Waals surface area contributed by atoms with E-state index in [1.165, 1.54) is 5.39 Å². The van der Waals surface area contributed by atoms with Crippen molar-refractivity contribution in [2.24, 2.45) is 0 Å². The quantitative estimate of drug-likeness (QED) is 0.778. The van der Waals surface area contributed by atoms with Gasteiger partial charge < -0.3 is 14.5 Å². The van der Waals surface area contributed by atoms with Crippen LogP contribution in [0.25, 0.3) is 10.9 Å². The first kappa shape index (κ1) is 10.1. The Morgan fingerprint density at radius 3 is 2.87 bits per heavy atom. The molecule has 0 aliphatic carbocycles. The van der Waals surface area contributed by atoms with E-state index in [0.717, 1.165) is 16.8 Å². The normalized spacial score (nSPS) is 10.8. The van der Waals surface area contributed by atoms with Gasteiger partial charge in [0.25, 0.3) is 0 Å². The summed E-state index contributed by atoms with van der Waals surface area (Å²) in [6, 6.07) is 6.11. The molecule has 0 bridgehead atoms. The van der Waals surface area contributed by atoms with Gasteiger partial charge in [0, 0.05) is 18.9 Å². The lowest BCUT2D eigenvalue weighted by molar-refractivity contribution is 0.146. The number of aromatic amines is 1. The number of hydrogen-bond donors (Lipinski definition) is 1. The number of aryl methyl sites for hydroxylation is 1. The molecule has 0 saturated carbocycles. The zero-order valence-electron chi connectivity index (χ0n) is 9.04. The Hall–Kier alpha value is -1.48. The number of ether oxygens (including phenoxy) is 2. The van der Waals surface area contributed by atoms with Crippen LogP contribution in [0.5, 0.6) is 5.75 Å². The zero-order chi connectivity index (χ0) is 10.7. The van der Waals surface area contributed by atoms with Crippen LogP contribution in [-0.4, -0.2) is 25.3 Å². The summed E-state index contributed by atoms with van der Waals surface area (Å²) >= 11 is 0. The summed E-state index contributed by atoms with van der Waals surface area (Å²) in [4.78, 5) is 3.21. The number of H-pyrrole nitrogens is 1. The first-order valence-electron chi connectivity index (χ1n) is 5.01. The van der Waals surface area contributed by atoms with Crippen LogP contribution < -0.4 is 4.74 Å². The summed E-state index contributed by atoms with van der Waals surface area (Å²) < 4.78 is 10.6. The van der Waals surface area contributed by atoms with Crippen LogP contribution in [0.2, 0.25) is 0 Å². The highest BCUT2D eigenvalue weighted by molar-refractivity contribution is 5.84. The monoisotopic (exact) mass is 205 g/mol. The molecule has 15 heavy (non-hydrogen) atoms. The van der Waals surface area contributed by atoms with E-state index in [0.29, 0.717) is 13.2 Å². The van der Waals surface area contributed by atoms with Gasteiger partial charge in [-0.1, -0.05) is 0 Å². The van der Waals surface area contributed by atoms with Crippen molar-refractivity contribution >= 4 is 10.9 Å². The van der Waals surface area contributed by atoms with Gasteiger partial charge in [-0.05, 0) is 30.5 Å². The molecule has 2 rings (SSSR count). The lowest BCUT2D eigenvalue weighted by Crippen LogP contribution is -2.05. The topological polar surface area (TPSA) is 34.2 Å². The van der Waals surface area contributed by atoms with Gasteiger partial charge in [-0.2, -0.15) is 0 Å². The van der Waals surface area contributed by atoms with Gasteiger partial charge in [0.1, 0.15) is 12.4 Å². The second-order valence-electron chi connectivity index (χ2n) is 3.47. The van der Waals surface area contributed by atoms with E-state index in [9.17, 15) is 0 Å². The fraction of sp³-hybridized carbons (Fsp3) is 0.333. The van der Waals surface area contributed by atoms with Gasteiger partial charge in [-0.25, -0.2) is 0 Å². The average molecular weight is 205 g/mol. The summed E-state index contributed by atoms with van der Waals surface area (Å²) in [5.41, 5.74) is 2.29. The summed E-state index contributed by atoms with van der Waals surface area (Å²) in [5, 5.41) is 1.21. The zero-order valence-corrected chi connectivity index (χ0v) is 9.04. The molecule has 1 aromatic carbocycles. The molecule has 3 nitrogen and oxygen atoms in total. The first-order valence-corrected chi connectivity index (χ1v) is 5.01. The predicted molar refractivity (Wildman–Crippen MR) is 60.4 cm³/mol.